The number of carbonyl (C=O) groups is 1. The fraction of sp³-hybridized carbons (Fsp3) is 0.480. The SMILES string of the molecule is CCCN(C)c1nc(N(C)C)nc2cc(-n3ccc(CNCC(=O)N4CCOCC4)c3)ccc12. The summed E-state index contributed by atoms with van der Waals surface area (Å²) in [6, 6.07) is 8.38. The molecule has 3 aromatic rings. The smallest absolute Gasteiger partial charge is 0.236 e. The van der Waals surface area contributed by atoms with Crippen molar-refractivity contribution in [2.45, 2.75) is 19.9 Å². The van der Waals surface area contributed by atoms with Gasteiger partial charge in [-0.2, -0.15) is 4.98 Å². The van der Waals surface area contributed by atoms with Crippen molar-refractivity contribution in [3.05, 3.63) is 42.2 Å². The van der Waals surface area contributed by atoms with Gasteiger partial charge >= 0.3 is 0 Å². The van der Waals surface area contributed by atoms with E-state index in [9.17, 15) is 4.79 Å². The molecule has 1 fully saturated rings. The number of aromatic nitrogens is 3. The Morgan fingerprint density at radius 3 is 2.68 bits per heavy atom. The largest absolute Gasteiger partial charge is 0.378 e. The van der Waals surface area contributed by atoms with Crippen molar-refractivity contribution in [1.82, 2.24) is 24.8 Å². The van der Waals surface area contributed by atoms with Crippen LogP contribution in [0.15, 0.2) is 36.7 Å². The van der Waals surface area contributed by atoms with Gasteiger partial charge in [0, 0.05) is 70.8 Å². The zero-order valence-corrected chi connectivity index (χ0v) is 20.6. The fourth-order valence-electron chi connectivity index (χ4n) is 4.13. The van der Waals surface area contributed by atoms with Crippen LogP contribution in [0.4, 0.5) is 11.8 Å². The Morgan fingerprint density at radius 2 is 1.94 bits per heavy atom. The molecule has 1 saturated heterocycles. The van der Waals surface area contributed by atoms with Crippen molar-refractivity contribution in [3.8, 4) is 5.69 Å². The average molecular weight is 466 g/mol. The van der Waals surface area contributed by atoms with Gasteiger partial charge in [-0.25, -0.2) is 4.98 Å². The number of nitrogens with zero attached hydrogens (tertiary/aromatic N) is 6. The zero-order chi connectivity index (χ0) is 24.1. The van der Waals surface area contributed by atoms with Gasteiger partial charge in [0.05, 0.1) is 25.3 Å². The highest BCUT2D eigenvalue weighted by atomic mass is 16.5. The summed E-state index contributed by atoms with van der Waals surface area (Å²) in [6.07, 6.45) is 5.18. The highest BCUT2D eigenvalue weighted by Gasteiger charge is 2.16. The molecule has 1 aromatic carbocycles. The molecule has 182 valence electrons. The van der Waals surface area contributed by atoms with E-state index in [1.54, 1.807) is 0 Å². The molecule has 1 aliphatic heterocycles. The molecular formula is C25H35N7O2. The van der Waals surface area contributed by atoms with Crippen LogP contribution in [0.3, 0.4) is 0 Å². The van der Waals surface area contributed by atoms with E-state index in [2.05, 4.69) is 59.2 Å². The van der Waals surface area contributed by atoms with Crippen molar-refractivity contribution in [2.24, 2.45) is 0 Å². The number of anilines is 2. The number of ether oxygens (including phenoxy) is 1. The minimum atomic E-state index is 0.123. The standard InChI is InChI=1S/C25H35N7O2/c1-5-9-30(4)24-21-7-6-20(15-22(21)27-25(28-24)29(2)3)32-10-8-19(18-32)16-26-17-23(33)31-11-13-34-14-12-31/h6-8,10,15,18,26H,5,9,11-14,16-17H2,1-4H3. The van der Waals surface area contributed by atoms with E-state index in [-0.39, 0.29) is 5.91 Å². The van der Waals surface area contributed by atoms with Gasteiger partial charge in [-0.1, -0.05) is 6.92 Å². The molecule has 9 nitrogen and oxygen atoms in total. The van der Waals surface area contributed by atoms with Crippen LogP contribution in [0, 0.1) is 0 Å². The van der Waals surface area contributed by atoms with Gasteiger partial charge in [0.1, 0.15) is 5.82 Å². The zero-order valence-electron chi connectivity index (χ0n) is 20.6. The summed E-state index contributed by atoms with van der Waals surface area (Å²) in [5, 5.41) is 4.31. The Bertz CT molecular complexity index is 1120. The number of morpholine rings is 1. The molecule has 0 bridgehead atoms. The maximum Gasteiger partial charge on any atom is 0.236 e. The molecule has 4 rings (SSSR count). The van der Waals surface area contributed by atoms with Gasteiger partial charge < -0.3 is 29.3 Å². The predicted molar refractivity (Wildman–Crippen MR) is 136 cm³/mol. The molecule has 0 atom stereocenters. The molecule has 0 aliphatic carbocycles. The fourth-order valence-corrected chi connectivity index (χ4v) is 4.13. The van der Waals surface area contributed by atoms with Crippen LogP contribution >= 0.6 is 0 Å². The minimum absolute atomic E-state index is 0.123. The molecule has 2 aromatic heterocycles. The quantitative estimate of drug-likeness (QED) is 0.519. The summed E-state index contributed by atoms with van der Waals surface area (Å²) in [5.74, 6) is 1.77. The second kappa shape index (κ2) is 10.8. The van der Waals surface area contributed by atoms with E-state index >= 15 is 0 Å². The third kappa shape index (κ3) is 5.48. The van der Waals surface area contributed by atoms with Crippen molar-refractivity contribution in [1.29, 1.82) is 0 Å². The number of hydrogen-bond donors (Lipinski definition) is 1. The normalized spacial score (nSPS) is 13.9. The van der Waals surface area contributed by atoms with Crippen LogP contribution in [0.25, 0.3) is 16.6 Å². The molecule has 1 amide bonds. The average Bonchev–Trinajstić information content (AvgIpc) is 3.32. The summed E-state index contributed by atoms with van der Waals surface area (Å²) in [4.78, 5) is 27.9. The number of carbonyl (C=O) groups excluding carboxylic acids is 1. The first-order valence-electron chi connectivity index (χ1n) is 11.9. The lowest BCUT2D eigenvalue weighted by Gasteiger charge is -2.26. The van der Waals surface area contributed by atoms with Gasteiger partial charge in [0.25, 0.3) is 0 Å². The highest BCUT2D eigenvalue weighted by Crippen LogP contribution is 2.28. The Kier molecular flexibility index (Phi) is 7.64. The van der Waals surface area contributed by atoms with Gasteiger partial charge in [-0.05, 0) is 36.2 Å². The molecule has 1 aliphatic rings. The molecular weight excluding hydrogens is 430 g/mol. The lowest BCUT2D eigenvalue weighted by Crippen LogP contribution is -2.44. The van der Waals surface area contributed by atoms with Crippen LogP contribution in [0.5, 0.6) is 0 Å². The van der Waals surface area contributed by atoms with Crippen LogP contribution < -0.4 is 15.1 Å². The molecule has 34 heavy (non-hydrogen) atoms. The van der Waals surface area contributed by atoms with Gasteiger partial charge in [0.15, 0.2) is 0 Å². The summed E-state index contributed by atoms with van der Waals surface area (Å²) in [5.41, 5.74) is 3.07. The molecule has 0 saturated carbocycles. The number of fused-ring (bicyclic) bond motifs is 1. The Hall–Kier alpha value is -3.17. The monoisotopic (exact) mass is 465 g/mol. The maximum absolute atomic E-state index is 12.3. The summed E-state index contributed by atoms with van der Waals surface area (Å²) < 4.78 is 7.40. The van der Waals surface area contributed by atoms with E-state index in [1.807, 2.05) is 30.1 Å². The maximum atomic E-state index is 12.3. The van der Waals surface area contributed by atoms with E-state index in [1.165, 1.54) is 0 Å². The molecule has 0 spiro atoms. The van der Waals surface area contributed by atoms with E-state index in [0.717, 1.165) is 40.9 Å². The lowest BCUT2D eigenvalue weighted by molar-refractivity contribution is -0.134. The van der Waals surface area contributed by atoms with Crippen molar-refractivity contribution in [3.63, 3.8) is 0 Å². The summed E-state index contributed by atoms with van der Waals surface area (Å²) in [7, 11) is 6.00. The van der Waals surface area contributed by atoms with Crippen molar-refractivity contribution < 1.29 is 9.53 Å². The molecule has 3 heterocycles. The first kappa shape index (κ1) is 24.0. The second-order valence-electron chi connectivity index (χ2n) is 8.89. The summed E-state index contributed by atoms with van der Waals surface area (Å²) >= 11 is 0. The third-order valence-electron chi connectivity index (χ3n) is 5.99. The number of amides is 1. The minimum Gasteiger partial charge on any atom is -0.378 e. The van der Waals surface area contributed by atoms with Crippen LogP contribution in [-0.4, -0.2) is 85.9 Å². The number of rotatable bonds is 9. The van der Waals surface area contributed by atoms with Gasteiger partial charge in [-0.3, -0.25) is 4.79 Å². The number of nitrogens with one attached hydrogen (secondary N) is 1. The third-order valence-corrected chi connectivity index (χ3v) is 5.99. The molecule has 0 radical (unpaired) electrons. The van der Waals surface area contributed by atoms with Crippen LogP contribution in [0.1, 0.15) is 18.9 Å². The lowest BCUT2D eigenvalue weighted by atomic mass is 10.2. The van der Waals surface area contributed by atoms with E-state index in [4.69, 9.17) is 14.7 Å². The second-order valence-corrected chi connectivity index (χ2v) is 8.89. The number of benzene rings is 1. The van der Waals surface area contributed by atoms with E-state index in [0.29, 0.717) is 45.3 Å². The first-order valence-corrected chi connectivity index (χ1v) is 11.9. The Labute approximate surface area is 201 Å². The van der Waals surface area contributed by atoms with Crippen molar-refractivity contribution in [2.75, 3.05) is 70.3 Å². The molecule has 1 N–H and O–H groups in total. The Morgan fingerprint density at radius 1 is 1.15 bits per heavy atom. The molecule has 9 heteroatoms. The number of hydrogen-bond acceptors (Lipinski definition) is 7. The van der Waals surface area contributed by atoms with Crippen molar-refractivity contribution >= 4 is 28.6 Å². The van der Waals surface area contributed by atoms with Gasteiger partial charge in [0.2, 0.25) is 11.9 Å². The van der Waals surface area contributed by atoms with Crippen LogP contribution in [0.2, 0.25) is 0 Å². The Balaban J connectivity index is 1.48. The van der Waals surface area contributed by atoms with E-state index < -0.39 is 0 Å². The topological polar surface area (TPSA) is 78.8 Å². The molecule has 0 unspecified atom stereocenters. The van der Waals surface area contributed by atoms with Crippen LogP contribution in [-0.2, 0) is 16.1 Å². The van der Waals surface area contributed by atoms with Gasteiger partial charge in [-0.15, -0.1) is 0 Å². The highest BCUT2D eigenvalue weighted by molar-refractivity contribution is 5.91. The first-order chi connectivity index (χ1) is 16.5. The predicted octanol–water partition coefficient (Wildman–Crippen LogP) is 2.28. The summed E-state index contributed by atoms with van der Waals surface area (Å²) in [6.45, 7) is 6.66.